The highest BCUT2D eigenvalue weighted by Crippen LogP contribution is 2.25. The third kappa shape index (κ3) is 3.23. The molecule has 0 amide bonds. The average Bonchev–Trinajstić information content (AvgIpc) is 2.15. The molecule has 3 nitrogen and oxygen atoms in total. The predicted octanol–water partition coefficient (Wildman–Crippen LogP) is 3.24. The van der Waals surface area contributed by atoms with Gasteiger partial charge in [-0.3, -0.25) is 0 Å². The molecule has 0 aromatic heterocycles. The Bertz CT molecular complexity index is 391. The lowest BCUT2D eigenvalue weighted by molar-refractivity contribution is 0.0697. The Morgan fingerprint density at radius 2 is 2.12 bits per heavy atom. The molecule has 0 unspecified atom stereocenters. The van der Waals surface area contributed by atoms with E-state index in [-0.39, 0.29) is 0 Å². The number of carboxylic acids is 1. The Balaban J connectivity index is 3.09. The van der Waals surface area contributed by atoms with Crippen molar-refractivity contribution in [2.24, 2.45) is 5.92 Å². The van der Waals surface area contributed by atoms with Gasteiger partial charge in [0.2, 0.25) is 0 Å². The normalized spacial score (nSPS) is 10.6. The van der Waals surface area contributed by atoms with Crippen LogP contribution in [0.3, 0.4) is 0 Å². The van der Waals surface area contributed by atoms with Gasteiger partial charge in [0.05, 0.1) is 11.3 Å². The number of benzene rings is 1. The van der Waals surface area contributed by atoms with E-state index < -0.39 is 5.97 Å². The van der Waals surface area contributed by atoms with E-state index in [1.54, 1.807) is 12.1 Å². The minimum atomic E-state index is -0.891. The zero-order valence-electron chi connectivity index (χ0n) is 9.70. The van der Waals surface area contributed by atoms with Gasteiger partial charge in [0, 0.05) is 18.1 Å². The van der Waals surface area contributed by atoms with Crippen LogP contribution in [0.1, 0.15) is 24.2 Å². The van der Waals surface area contributed by atoms with E-state index >= 15 is 0 Å². The molecule has 0 aliphatic rings. The molecular weight excluding hydrogens is 270 g/mol. The molecule has 1 aromatic rings. The predicted molar refractivity (Wildman–Crippen MR) is 69.2 cm³/mol. The third-order valence-corrected chi connectivity index (χ3v) is 2.73. The number of rotatable bonds is 4. The van der Waals surface area contributed by atoms with Gasteiger partial charge in [0.15, 0.2) is 0 Å². The molecule has 0 radical (unpaired) electrons. The van der Waals surface area contributed by atoms with E-state index in [1.165, 1.54) is 0 Å². The van der Waals surface area contributed by atoms with Crippen LogP contribution in [0.5, 0.6) is 0 Å². The van der Waals surface area contributed by atoms with Gasteiger partial charge < -0.3 is 10.0 Å². The summed E-state index contributed by atoms with van der Waals surface area (Å²) in [6.45, 7) is 5.04. The van der Waals surface area contributed by atoms with Crippen LogP contribution in [0, 0.1) is 5.92 Å². The zero-order valence-corrected chi connectivity index (χ0v) is 11.3. The maximum absolute atomic E-state index is 11.1. The summed E-state index contributed by atoms with van der Waals surface area (Å²) in [7, 11) is 1.91. The molecule has 0 fully saturated rings. The summed E-state index contributed by atoms with van der Waals surface area (Å²) in [6, 6.07) is 5.21. The molecule has 0 heterocycles. The minimum absolute atomic E-state index is 0.339. The molecule has 4 heteroatoms. The van der Waals surface area contributed by atoms with Crippen LogP contribution in [0.2, 0.25) is 0 Å². The smallest absolute Gasteiger partial charge is 0.337 e. The number of carbonyl (C=O) groups is 1. The van der Waals surface area contributed by atoms with Gasteiger partial charge in [-0.1, -0.05) is 29.8 Å². The van der Waals surface area contributed by atoms with E-state index in [0.717, 1.165) is 16.7 Å². The Kier molecular flexibility index (Phi) is 4.35. The highest BCUT2D eigenvalue weighted by atomic mass is 79.9. The summed E-state index contributed by atoms with van der Waals surface area (Å²) in [6.07, 6.45) is 0. The maximum atomic E-state index is 11.1. The summed E-state index contributed by atoms with van der Waals surface area (Å²) in [5, 5.41) is 9.10. The van der Waals surface area contributed by atoms with Crippen molar-refractivity contribution in [1.29, 1.82) is 0 Å². The molecule has 0 atom stereocenters. The highest BCUT2D eigenvalue weighted by Gasteiger charge is 2.14. The van der Waals surface area contributed by atoms with Crippen molar-refractivity contribution in [2.45, 2.75) is 13.8 Å². The third-order valence-electron chi connectivity index (χ3n) is 2.24. The van der Waals surface area contributed by atoms with Crippen LogP contribution < -0.4 is 4.90 Å². The van der Waals surface area contributed by atoms with Crippen molar-refractivity contribution in [1.82, 2.24) is 0 Å². The van der Waals surface area contributed by atoms with Crippen molar-refractivity contribution in [3.05, 3.63) is 28.2 Å². The summed E-state index contributed by atoms with van der Waals surface area (Å²) < 4.78 is 0.892. The van der Waals surface area contributed by atoms with Gasteiger partial charge in [-0.25, -0.2) is 4.79 Å². The fourth-order valence-corrected chi connectivity index (χ4v) is 2.00. The maximum Gasteiger partial charge on any atom is 0.337 e. The SMILES string of the molecule is CC(C)CN(C)c1cc(Br)ccc1C(=O)O. The van der Waals surface area contributed by atoms with Crippen molar-refractivity contribution in [3.8, 4) is 0 Å². The number of nitrogens with zero attached hydrogens (tertiary/aromatic N) is 1. The molecule has 0 aliphatic carbocycles. The first-order chi connectivity index (χ1) is 7.41. The number of hydrogen-bond acceptors (Lipinski definition) is 2. The second-order valence-electron chi connectivity index (χ2n) is 4.24. The van der Waals surface area contributed by atoms with E-state index in [0.29, 0.717) is 11.5 Å². The summed E-state index contributed by atoms with van der Waals surface area (Å²) in [5.74, 6) is -0.399. The van der Waals surface area contributed by atoms with Crippen LogP contribution in [0.4, 0.5) is 5.69 Å². The number of anilines is 1. The second kappa shape index (κ2) is 5.34. The Labute approximate surface area is 104 Å². The summed E-state index contributed by atoms with van der Waals surface area (Å²) in [4.78, 5) is 13.1. The quantitative estimate of drug-likeness (QED) is 0.923. The van der Waals surface area contributed by atoms with Crippen molar-refractivity contribution in [2.75, 3.05) is 18.5 Å². The van der Waals surface area contributed by atoms with Gasteiger partial charge in [0.25, 0.3) is 0 Å². The van der Waals surface area contributed by atoms with Gasteiger partial charge in [-0.05, 0) is 24.1 Å². The van der Waals surface area contributed by atoms with E-state index in [9.17, 15) is 4.79 Å². The van der Waals surface area contributed by atoms with E-state index in [4.69, 9.17) is 5.11 Å². The lowest BCUT2D eigenvalue weighted by Gasteiger charge is -2.23. The molecule has 0 aliphatic heterocycles. The molecule has 0 saturated heterocycles. The van der Waals surface area contributed by atoms with Gasteiger partial charge in [-0.15, -0.1) is 0 Å². The van der Waals surface area contributed by atoms with Crippen LogP contribution >= 0.6 is 15.9 Å². The van der Waals surface area contributed by atoms with Crippen LogP contribution in [0.25, 0.3) is 0 Å². The van der Waals surface area contributed by atoms with E-state index in [1.807, 2.05) is 18.0 Å². The molecule has 0 bridgehead atoms. The summed E-state index contributed by atoms with van der Waals surface area (Å²) in [5.41, 5.74) is 1.09. The first-order valence-electron chi connectivity index (χ1n) is 5.15. The monoisotopic (exact) mass is 285 g/mol. The highest BCUT2D eigenvalue weighted by molar-refractivity contribution is 9.10. The number of hydrogen-bond donors (Lipinski definition) is 1. The van der Waals surface area contributed by atoms with Crippen molar-refractivity contribution in [3.63, 3.8) is 0 Å². The second-order valence-corrected chi connectivity index (χ2v) is 5.16. The van der Waals surface area contributed by atoms with Gasteiger partial charge >= 0.3 is 5.97 Å². The fourth-order valence-electron chi connectivity index (χ4n) is 1.65. The van der Waals surface area contributed by atoms with E-state index in [2.05, 4.69) is 29.8 Å². The molecule has 1 aromatic carbocycles. The standard InChI is InChI=1S/C12H16BrNO2/c1-8(2)7-14(3)11-6-9(13)4-5-10(11)12(15)16/h4-6,8H,7H2,1-3H3,(H,15,16). The molecule has 88 valence electrons. The van der Waals surface area contributed by atoms with Crippen LogP contribution in [-0.2, 0) is 0 Å². The molecule has 0 saturated carbocycles. The number of halogens is 1. The lowest BCUT2D eigenvalue weighted by atomic mass is 10.1. The fraction of sp³-hybridized carbons (Fsp3) is 0.417. The van der Waals surface area contributed by atoms with Crippen LogP contribution in [-0.4, -0.2) is 24.7 Å². The van der Waals surface area contributed by atoms with Crippen molar-refractivity contribution < 1.29 is 9.90 Å². The minimum Gasteiger partial charge on any atom is -0.478 e. The first-order valence-corrected chi connectivity index (χ1v) is 5.95. The van der Waals surface area contributed by atoms with Gasteiger partial charge in [0.1, 0.15) is 0 Å². The van der Waals surface area contributed by atoms with Crippen molar-refractivity contribution >= 4 is 27.6 Å². The van der Waals surface area contributed by atoms with Gasteiger partial charge in [-0.2, -0.15) is 0 Å². The first kappa shape index (κ1) is 13.0. The average molecular weight is 286 g/mol. The molecular formula is C12H16BrNO2. The number of aromatic carboxylic acids is 1. The molecule has 1 N–H and O–H groups in total. The topological polar surface area (TPSA) is 40.5 Å². The van der Waals surface area contributed by atoms with Crippen LogP contribution in [0.15, 0.2) is 22.7 Å². The Hall–Kier alpha value is -1.03. The lowest BCUT2D eigenvalue weighted by Crippen LogP contribution is -2.24. The molecule has 1 rings (SSSR count). The Morgan fingerprint density at radius 3 is 2.62 bits per heavy atom. The molecule has 16 heavy (non-hydrogen) atoms. The zero-order chi connectivity index (χ0) is 12.3. The largest absolute Gasteiger partial charge is 0.478 e. The Morgan fingerprint density at radius 1 is 1.50 bits per heavy atom. The molecule has 0 spiro atoms. The summed E-state index contributed by atoms with van der Waals surface area (Å²) >= 11 is 3.36. The number of carboxylic acid groups (broad SMARTS) is 1.